The molecule has 0 spiro atoms. The zero-order chi connectivity index (χ0) is 11.6. The van der Waals surface area contributed by atoms with Gasteiger partial charge in [-0.15, -0.1) is 0 Å². The molecule has 0 aliphatic heterocycles. The summed E-state index contributed by atoms with van der Waals surface area (Å²) in [7, 11) is 0. The molecule has 0 aliphatic carbocycles. The molecule has 0 radical (unpaired) electrons. The van der Waals surface area contributed by atoms with Crippen molar-refractivity contribution in [1.82, 2.24) is 0 Å². The Balaban J connectivity index is 3.01. The number of rotatable bonds is 3. The number of halogens is 3. The lowest BCUT2D eigenvalue weighted by Crippen LogP contribution is -2.37. The molecule has 2 nitrogen and oxygen atoms in total. The standard InChI is InChI=1S/C10H12BrCl2NO/c1-10(2,5-14)15-9-4-7(12)6(11)3-8(9)13/h3-4H,5,14H2,1-2H3. The molecule has 0 saturated carbocycles. The molecular weight excluding hydrogens is 301 g/mol. The number of hydrogen-bond acceptors (Lipinski definition) is 2. The van der Waals surface area contributed by atoms with Crippen LogP contribution in [0.25, 0.3) is 0 Å². The molecule has 2 N–H and O–H groups in total. The SMILES string of the molecule is CC(C)(CN)Oc1cc(Cl)c(Br)cc1Cl. The van der Waals surface area contributed by atoms with E-state index in [4.69, 9.17) is 33.7 Å². The molecule has 5 heteroatoms. The highest BCUT2D eigenvalue weighted by Crippen LogP contribution is 2.35. The van der Waals surface area contributed by atoms with Crippen LogP contribution in [0.4, 0.5) is 0 Å². The second kappa shape index (κ2) is 4.91. The number of ether oxygens (including phenoxy) is 1. The van der Waals surface area contributed by atoms with E-state index in [0.29, 0.717) is 22.3 Å². The molecule has 1 aromatic rings. The van der Waals surface area contributed by atoms with E-state index in [1.54, 1.807) is 12.1 Å². The van der Waals surface area contributed by atoms with Crippen LogP contribution in [0.3, 0.4) is 0 Å². The minimum absolute atomic E-state index is 0.400. The average Bonchev–Trinajstić information content (AvgIpc) is 2.14. The van der Waals surface area contributed by atoms with Gasteiger partial charge in [0.2, 0.25) is 0 Å². The monoisotopic (exact) mass is 311 g/mol. The highest BCUT2D eigenvalue weighted by molar-refractivity contribution is 9.10. The van der Waals surface area contributed by atoms with Crippen LogP contribution in [0.5, 0.6) is 5.75 Å². The van der Waals surface area contributed by atoms with Crippen LogP contribution in [-0.4, -0.2) is 12.1 Å². The average molecular weight is 313 g/mol. The molecule has 1 aromatic carbocycles. The molecule has 0 saturated heterocycles. The molecule has 0 heterocycles. The van der Waals surface area contributed by atoms with Crippen LogP contribution in [0.15, 0.2) is 16.6 Å². The number of benzene rings is 1. The van der Waals surface area contributed by atoms with E-state index in [2.05, 4.69) is 15.9 Å². The van der Waals surface area contributed by atoms with Gasteiger partial charge < -0.3 is 10.5 Å². The van der Waals surface area contributed by atoms with Crippen molar-refractivity contribution in [2.45, 2.75) is 19.4 Å². The van der Waals surface area contributed by atoms with Crippen molar-refractivity contribution in [3.63, 3.8) is 0 Å². The lowest BCUT2D eigenvalue weighted by atomic mass is 10.1. The summed E-state index contributed by atoms with van der Waals surface area (Å²) in [5.41, 5.74) is 5.10. The number of hydrogen-bond donors (Lipinski definition) is 1. The Hall–Kier alpha value is 0.0400. The third-order valence-electron chi connectivity index (χ3n) is 1.85. The summed E-state index contributed by atoms with van der Waals surface area (Å²) >= 11 is 15.2. The van der Waals surface area contributed by atoms with Crippen LogP contribution in [-0.2, 0) is 0 Å². The highest BCUT2D eigenvalue weighted by atomic mass is 79.9. The first kappa shape index (κ1) is 13.1. The molecule has 0 aliphatic rings. The molecule has 0 bridgehead atoms. The van der Waals surface area contributed by atoms with Crippen LogP contribution in [0, 0.1) is 0 Å². The Kier molecular flexibility index (Phi) is 4.29. The van der Waals surface area contributed by atoms with Crippen molar-refractivity contribution in [3.05, 3.63) is 26.7 Å². The van der Waals surface area contributed by atoms with Crippen LogP contribution >= 0.6 is 39.1 Å². The van der Waals surface area contributed by atoms with Gasteiger partial charge in [0.15, 0.2) is 0 Å². The molecule has 0 unspecified atom stereocenters. The van der Waals surface area contributed by atoms with Gasteiger partial charge in [0.25, 0.3) is 0 Å². The predicted octanol–water partition coefficient (Wildman–Crippen LogP) is 3.87. The highest BCUT2D eigenvalue weighted by Gasteiger charge is 2.19. The summed E-state index contributed by atoms with van der Waals surface area (Å²) in [4.78, 5) is 0. The first-order valence-corrected chi connectivity index (χ1v) is 5.94. The molecule has 0 aromatic heterocycles. The fraction of sp³-hybridized carbons (Fsp3) is 0.400. The quantitative estimate of drug-likeness (QED) is 0.860. The van der Waals surface area contributed by atoms with Gasteiger partial charge >= 0.3 is 0 Å². The van der Waals surface area contributed by atoms with Crippen LogP contribution in [0.1, 0.15) is 13.8 Å². The van der Waals surface area contributed by atoms with E-state index in [1.165, 1.54) is 0 Å². The molecule has 0 amide bonds. The van der Waals surface area contributed by atoms with Gasteiger partial charge in [-0.1, -0.05) is 23.2 Å². The Bertz CT molecular complexity index is 369. The van der Waals surface area contributed by atoms with Crippen molar-refractivity contribution in [3.8, 4) is 5.75 Å². The van der Waals surface area contributed by atoms with Gasteiger partial charge in [-0.25, -0.2) is 0 Å². The maximum atomic E-state index is 6.01. The lowest BCUT2D eigenvalue weighted by molar-refractivity contribution is 0.119. The summed E-state index contributed by atoms with van der Waals surface area (Å²) in [5.74, 6) is 0.542. The van der Waals surface area contributed by atoms with Crippen molar-refractivity contribution in [2.24, 2.45) is 5.73 Å². The van der Waals surface area contributed by atoms with E-state index in [1.807, 2.05) is 13.8 Å². The fourth-order valence-electron chi connectivity index (χ4n) is 0.922. The molecule has 15 heavy (non-hydrogen) atoms. The summed E-state index contributed by atoms with van der Waals surface area (Å²) < 4.78 is 6.40. The minimum Gasteiger partial charge on any atom is -0.485 e. The Morgan fingerprint density at radius 3 is 2.47 bits per heavy atom. The van der Waals surface area contributed by atoms with Gasteiger partial charge in [-0.05, 0) is 35.8 Å². The maximum Gasteiger partial charge on any atom is 0.140 e. The second-order valence-corrected chi connectivity index (χ2v) is 5.43. The minimum atomic E-state index is -0.458. The van der Waals surface area contributed by atoms with Gasteiger partial charge in [-0.2, -0.15) is 0 Å². The topological polar surface area (TPSA) is 35.2 Å². The van der Waals surface area contributed by atoms with Crippen molar-refractivity contribution >= 4 is 39.1 Å². The van der Waals surface area contributed by atoms with E-state index in [-0.39, 0.29) is 0 Å². The Morgan fingerprint density at radius 1 is 1.33 bits per heavy atom. The zero-order valence-electron chi connectivity index (χ0n) is 8.48. The van der Waals surface area contributed by atoms with E-state index >= 15 is 0 Å². The van der Waals surface area contributed by atoms with E-state index < -0.39 is 5.60 Å². The Morgan fingerprint density at radius 2 is 1.93 bits per heavy atom. The van der Waals surface area contributed by atoms with Gasteiger partial charge in [0.05, 0.1) is 10.0 Å². The predicted molar refractivity (Wildman–Crippen MR) is 67.9 cm³/mol. The zero-order valence-corrected chi connectivity index (χ0v) is 11.6. The molecule has 0 fully saturated rings. The van der Waals surface area contributed by atoms with Crippen molar-refractivity contribution < 1.29 is 4.74 Å². The van der Waals surface area contributed by atoms with E-state index in [0.717, 1.165) is 4.47 Å². The summed E-state index contributed by atoms with van der Waals surface area (Å²) in [6.45, 7) is 4.18. The molecule has 1 rings (SSSR count). The van der Waals surface area contributed by atoms with Crippen LogP contribution in [0.2, 0.25) is 10.0 Å². The third-order valence-corrected chi connectivity index (χ3v) is 3.35. The summed E-state index contributed by atoms with van der Waals surface area (Å²) in [5, 5.41) is 1.06. The van der Waals surface area contributed by atoms with Crippen LogP contribution < -0.4 is 10.5 Å². The van der Waals surface area contributed by atoms with E-state index in [9.17, 15) is 0 Å². The molecule has 84 valence electrons. The Labute approximate surface area is 108 Å². The summed E-state index contributed by atoms with van der Waals surface area (Å²) in [6, 6.07) is 3.37. The maximum absolute atomic E-state index is 6.01. The number of nitrogens with two attached hydrogens (primary N) is 1. The van der Waals surface area contributed by atoms with Gasteiger partial charge in [-0.3, -0.25) is 0 Å². The van der Waals surface area contributed by atoms with Crippen molar-refractivity contribution in [1.29, 1.82) is 0 Å². The normalized spacial score (nSPS) is 11.6. The molecular formula is C10H12BrCl2NO. The largest absolute Gasteiger partial charge is 0.485 e. The molecule has 0 atom stereocenters. The van der Waals surface area contributed by atoms with Gasteiger partial charge in [0, 0.05) is 17.1 Å². The first-order chi connectivity index (χ1) is 6.85. The smallest absolute Gasteiger partial charge is 0.140 e. The van der Waals surface area contributed by atoms with Crippen molar-refractivity contribution in [2.75, 3.05) is 6.54 Å². The third kappa shape index (κ3) is 3.52. The second-order valence-electron chi connectivity index (χ2n) is 3.76. The van der Waals surface area contributed by atoms with Gasteiger partial charge in [0.1, 0.15) is 11.4 Å². The lowest BCUT2D eigenvalue weighted by Gasteiger charge is -2.25. The fourth-order valence-corrected chi connectivity index (χ4v) is 1.75. The first-order valence-electron chi connectivity index (χ1n) is 4.39. The summed E-state index contributed by atoms with van der Waals surface area (Å²) in [6.07, 6.45) is 0.